The number of nitrogens with zero attached hydrogens (tertiary/aromatic N) is 4. The van der Waals surface area contributed by atoms with E-state index in [2.05, 4.69) is 41.1 Å². The summed E-state index contributed by atoms with van der Waals surface area (Å²) in [6.07, 6.45) is 0. The van der Waals surface area contributed by atoms with Gasteiger partial charge in [-0.25, -0.2) is 4.98 Å². The van der Waals surface area contributed by atoms with E-state index in [4.69, 9.17) is 10.7 Å². The molecule has 1 aliphatic heterocycles. The van der Waals surface area contributed by atoms with Crippen LogP contribution in [0, 0.1) is 0 Å². The van der Waals surface area contributed by atoms with Crippen molar-refractivity contribution < 1.29 is 4.79 Å². The van der Waals surface area contributed by atoms with E-state index >= 15 is 0 Å². The molecule has 2 aromatic carbocycles. The van der Waals surface area contributed by atoms with E-state index in [9.17, 15) is 4.79 Å². The quantitative estimate of drug-likeness (QED) is 0.668. The summed E-state index contributed by atoms with van der Waals surface area (Å²) >= 11 is 0. The highest BCUT2D eigenvalue weighted by molar-refractivity contribution is 6.02. The SMILES string of the molecule is CN(C)CC(C(N)=O)c1c(N2CCN(C)CC2)nc(-c2ccccc2)c2ccccc12. The minimum Gasteiger partial charge on any atom is -0.369 e. The maximum Gasteiger partial charge on any atom is 0.226 e. The molecule has 3 aromatic rings. The second-order valence-corrected chi connectivity index (χ2v) is 8.62. The largest absolute Gasteiger partial charge is 0.369 e. The first-order chi connectivity index (χ1) is 15.0. The minimum atomic E-state index is -0.438. The summed E-state index contributed by atoms with van der Waals surface area (Å²) in [7, 11) is 6.08. The maximum absolute atomic E-state index is 12.7. The summed E-state index contributed by atoms with van der Waals surface area (Å²) in [6.45, 7) is 4.21. The number of amides is 1. The van der Waals surface area contributed by atoms with Crippen LogP contribution in [0.2, 0.25) is 0 Å². The first kappa shape index (κ1) is 21.3. The van der Waals surface area contributed by atoms with Crippen molar-refractivity contribution in [1.29, 1.82) is 0 Å². The van der Waals surface area contributed by atoms with Gasteiger partial charge in [0, 0.05) is 49.2 Å². The second-order valence-electron chi connectivity index (χ2n) is 8.62. The summed E-state index contributed by atoms with van der Waals surface area (Å²) in [4.78, 5) is 24.5. The fourth-order valence-corrected chi connectivity index (χ4v) is 4.38. The number of aromatic nitrogens is 1. The fraction of sp³-hybridized carbons (Fsp3) is 0.360. The predicted molar refractivity (Wildman–Crippen MR) is 127 cm³/mol. The van der Waals surface area contributed by atoms with Crippen LogP contribution in [-0.2, 0) is 4.79 Å². The summed E-state index contributed by atoms with van der Waals surface area (Å²) in [5.41, 5.74) is 8.92. The molecule has 31 heavy (non-hydrogen) atoms. The van der Waals surface area contributed by atoms with Gasteiger partial charge in [0.15, 0.2) is 0 Å². The van der Waals surface area contributed by atoms with Crippen molar-refractivity contribution in [2.45, 2.75) is 5.92 Å². The van der Waals surface area contributed by atoms with Crippen LogP contribution in [0.15, 0.2) is 54.6 Å². The summed E-state index contributed by atoms with van der Waals surface area (Å²) in [5, 5.41) is 2.10. The Morgan fingerprint density at radius 1 is 1.00 bits per heavy atom. The maximum atomic E-state index is 12.7. The molecule has 1 atom stereocenters. The van der Waals surface area contributed by atoms with Crippen LogP contribution in [0.25, 0.3) is 22.0 Å². The lowest BCUT2D eigenvalue weighted by Crippen LogP contribution is -2.45. The number of piperazine rings is 1. The van der Waals surface area contributed by atoms with E-state index in [0.29, 0.717) is 6.54 Å². The number of hydrogen-bond donors (Lipinski definition) is 1. The summed E-state index contributed by atoms with van der Waals surface area (Å²) in [5.74, 6) is 0.131. The van der Waals surface area contributed by atoms with Gasteiger partial charge in [-0.3, -0.25) is 4.79 Å². The van der Waals surface area contributed by atoms with Crippen LogP contribution >= 0.6 is 0 Å². The number of nitrogens with two attached hydrogens (primary N) is 1. The molecule has 0 saturated carbocycles. The Morgan fingerprint density at radius 2 is 1.61 bits per heavy atom. The molecule has 0 spiro atoms. The molecule has 1 amide bonds. The van der Waals surface area contributed by atoms with Gasteiger partial charge >= 0.3 is 0 Å². The molecule has 1 unspecified atom stereocenters. The number of carbonyl (C=O) groups excluding carboxylic acids is 1. The van der Waals surface area contributed by atoms with Gasteiger partial charge in [-0.15, -0.1) is 0 Å². The van der Waals surface area contributed by atoms with Crippen LogP contribution in [0.4, 0.5) is 5.82 Å². The van der Waals surface area contributed by atoms with Crippen molar-refractivity contribution >= 4 is 22.5 Å². The molecule has 162 valence electrons. The van der Waals surface area contributed by atoms with Crippen LogP contribution in [-0.4, -0.2) is 74.6 Å². The van der Waals surface area contributed by atoms with Crippen LogP contribution in [0.3, 0.4) is 0 Å². The normalized spacial score (nSPS) is 16.1. The van der Waals surface area contributed by atoms with Gasteiger partial charge in [-0.1, -0.05) is 54.6 Å². The predicted octanol–water partition coefficient (Wildman–Crippen LogP) is 2.78. The number of likely N-dealkylation sites (N-methyl/N-ethyl adjacent to an activating group) is 2. The summed E-state index contributed by atoms with van der Waals surface area (Å²) in [6, 6.07) is 18.5. The zero-order valence-corrected chi connectivity index (χ0v) is 18.6. The van der Waals surface area contributed by atoms with Gasteiger partial charge in [0.1, 0.15) is 5.82 Å². The highest BCUT2D eigenvalue weighted by Crippen LogP contribution is 2.39. The molecule has 1 aliphatic rings. The average molecular weight is 418 g/mol. The number of carbonyl (C=O) groups is 1. The van der Waals surface area contributed by atoms with E-state index in [0.717, 1.165) is 59.6 Å². The Balaban J connectivity index is 2.00. The second kappa shape index (κ2) is 9.04. The lowest BCUT2D eigenvalue weighted by Gasteiger charge is -2.36. The summed E-state index contributed by atoms with van der Waals surface area (Å²) < 4.78 is 0. The van der Waals surface area contributed by atoms with Crippen LogP contribution < -0.4 is 10.6 Å². The van der Waals surface area contributed by atoms with Gasteiger partial charge in [-0.05, 0) is 26.5 Å². The number of fused-ring (bicyclic) bond motifs is 1. The highest BCUT2D eigenvalue weighted by atomic mass is 16.1. The Bertz CT molecular complexity index is 1060. The molecule has 6 heteroatoms. The number of rotatable bonds is 6. The monoisotopic (exact) mass is 417 g/mol. The lowest BCUT2D eigenvalue weighted by atomic mass is 9.90. The minimum absolute atomic E-state index is 0.316. The zero-order valence-electron chi connectivity index (χ0n) is 18.6. The van der Waals surface area contributed by atoms with Gasteiger partial charge < -0.3 is 20.4 Å². The molecule has 1 saturated heterocycles. The van der Waals surface area contributed by atoms with Gasteiger partial charge in [0.2, 0.25) is 5.91 Å². The fourth-order valence-electron chi connectivity index (χ4n) is 4.38. The van der Waals surface area contributed by atoms with Gasteiger partial charge in [0.25, 0.3) is 0 Å². The molecular weight excluding hydrogens is 386 g/mol. The molecule has 0 aliphatic carbocycles. The Kier molecular flexibility index (Phi) is 6.20. The van der Waals surface area contributed by atoms with Crippen LogP contribution in [0.5, 0.6) is 0 Å². The number of primary amides is 1. The molecule has 4 rings (SSSR count). The van der Waals surface area contributed by atoms with Crippen molar-refractivity contribution in [2.75, 3.05) is 58.8 Å². The number of anilines is 1. The molecule has 2 heterocycles. The smallest absolute Gasteiger partial charge is 0.226 e. The highest BCUT2D eigenvalue weighted by Gasteiger charge is 2.30. The van der Waals surface area contributed by atoms with Crippen molar-refractivity contribution in [2.24, 2.45) is 5.73 Å². The zero-order chi connectivity index (χ0) is 22.0. The Labute approximate surface area is 184 Å². The van der Waals surface area contributed by atoms with E-state index in [1.54, 1.807) is 0 Å². The molecule has 1 aromatic heterocycles. The first-order valence-electron chi connectivity index (χ1n) is 10.8. The van der Waals surface area contributed by atoms with Crippen molar-refractivity contribution in [3.05, 3.63) is 60.2 Å². The molecule has 2 N–H and O–H groups in total. The van der Waals surface area contributed by atoms with Crippen LogP contribution in [0.1, 0.15) is 11.5 Å². The third kappa shape index (κ3) is 4.40. The number of benzene rings is 2. The molecule has 0 bridgehead atoms. The van der Waals surface area contributed by atoms with E-state index in [-0.39, 0.29) is 5.91 Å². The van der Waals surface area contributed by atoms with Gasteiger partial charge in [0.05, 0.1) is 11.6 Å². The van der Waals surface area contributed by atoms with E-state index in [1.807, 2.05) is 49.3 Å². The number of pyridine rings is 1. The molecule has 1 fully saturated rings. The van der Waals surface area contributed by atoms with Crippen molar-refractivity contribution in [1.82, 2.24) is 14.8 Å². The van der Waals surface area contributed by atoms with E-state index < -0.39 is 5.92 Å². The molecular formula is C25H31N5O. The third-order valence-electron chi connectivity index (χ3n) is 6.02. The number of hydrogen-bond acceptors (Lipinski definition) is 5. The van der Waals surface area contributed by atoms with E-state index in [1.165, 1.54) is 0 Å². The third-order valence-corrected chi connectivity index (χ3v) is 6.02. The Hall–Kier alpha value is -2.96. The molecule has 0 radical (unpaired) electrons. The Morgan fingerprint density at radius 3 is 2.23 bits per heavy atom. The van der Waals surface area contributed by atoms with Gasteiger partial charge in [-0.2, -0.15) is 0 Å². The van der Waals surface area contributed by atoms with Crippen molar-refractivity contribution in [3.8, 4) is 11.3 Å². The van der Waals surface area contributed by atoms with Crippen molar-refractivity contribution in [3.63, 3.8) is 0 Å². The average Bonchev–Trinajstić information content (AvgIpc) is 2.77. The topological polar surface area (TPSA) is 65.7 Å². The standard InChI is InChI=1S/C25H31N5O/c1-28(2)17-21(24(26)31)22-19-11-7-8-12-20(19)23(18-9-5-4-6-10-18)27-25(22)30-15-13-29(3)14-16-30/h4-12,21H,13-17H2,1-3H3,(H2,26,31). The first-order valence-corrected chi connectivity index (χ1v) is 10.8. The lowest BCUT2D eigenvalue weighted by molar-refractivity contribution is -0.119. The molecule has 6 nitrogen and oxygen atoms in total.